The van der Waals surface area contributed by atoms with E-state index in [9.17, 15) is 14.1 Å². The molecule has 2 bridgehead atoms. The van der Waals surface area contributed by atoms with Crippen molar-refractivity contribution in [2.24, 2.45) is 17.8 Å². The molecule has 1 spiro atoms. The van der Waals surface area contributed by atoms with Crippen LogP contribution in [0, 0.1) is 17.8 Å². The lowest BCUT2D eigenvalue weighted by Crippen LogP contribution is -2.58. The number of carbonyl (C=O) groups excluding carboxylic acids is 1. The number of ether oxygens (including phenoxy) is 1. The number of fused-ring (bicyclic) bond motifs is 4. The van der Waals surface area contributed by atoms with Gasteiger partial charge < -0.3 is 19.6 Å². The van der Waals surface area contributed by atoms with Gasteiger partial charge in [0, 0.05) is 67.1 Å². The van der Waals surface area contributed by atoms with Crippen molar-refractivity contribution in [1.29, 1.82) is 0 Å². The van der Waals surface area contributed by atoms with Crippen molar-refractivity contribution < 1.29 is 18.8 Å². The minimum atomic E-state index is -2.93. The molecule has 49 heavy (non-hydrogen) atoms. The van der Waals surface area contributed by atoms with Gasteiger partial charge in [-0.25, -0.2) is 4.21 Å². The van der Waals surface area contributed by atoms with E-state index in [4.69, 9.17) is 16.3 Å². The molecule has 1 saturated carbocycles. The number of carbonyl (C=O) groups is 1. The molecule has 2 N–H and O–H groups in total. The first-order valence-corrected chi connectivity index (χ1v) is 20.6. The fraction of sp³-hybridized carbons (Fsp3) is 0.641. The van der Waals surface area contributed by atoms with E-state index in [0.717, 1.165) is 101 Å². The maximum atomic E-state index is 13.9. The highest BCUT2D eigenvalue weighted by Gasteiger charge is 2.49. The Morgan fingerprint density at radius 1 is 1.06 bits per heavy atom. The third kappa shape index (κ3) is 6.99. The smallest absolute Gasteiger partial charge is 0.262 e. The first-order chi connectivity index (χ1) is 23.4. The fourth-order valence-electron chi connectivity index (χ4n) is 9.46. The number of amides is 1. The number of nitrogens with one attached hydrogen (secondary N) is 1. The molecule has 5 aliphatic rings. The van der Waals surface area contributed by atoms with Crippen molar-refractivity contribution in [3.05, 3.63) is 58.1 Å². The van der Waals surface area contributed by atoms with Gasteiger partial charge >= 0.3 is 0 Å². The minimum absolute atomic E-state index is 0.0728. The number of aryl methyl sites for hydroxylation is 1. The number of aliphatic hydroxyl groups is 1. The molecular weight excluding hydrogens is 656 g/mol. The molecule has 3 aliphatic heterocycles. The average Bonchev–Trinajstić information content (AvgIpc) is 3.19. The second kappa shape index (κ2) is 13.7. The van der Waals surface area contributed by atoms with Crippen LogP contribution in [-0.2, 0) is 21.5 Å². The number of hydrogen-bond acceptors (Lipinski definition) is 7. The van der Waals surface area contributed by atoms with Gasteiger partial charge in [-0.05, 0) is 124 Å². The Hall–Kier alpha value is -2.30. The average molecular weight is 711 g/mol. The standard InChI is InChI=1S/C39H55ClN4O4S/c1-27-7-5-16-39(46,25-43-19-17-42(3)18-20-43)34-12-9-31(34)23-44-24-38(15-6-8-29-21-32(40)11-13-33(29)38)26-48-36-14-10-30(22-35(36)44)37(45)41-49(4,47)28(27)2/h10-11,13-14,21-22,27-28,31,34,46H,4-9,12,15-20,23-26H2,1-3H3,(H,41,45,47)/t27-,28+,31-,34+,38-,39?,49?/m0/s1. The summed E-state index contributed by atoms with van der Waals surface area (Å²) in [4.78, 5) is 21.0. The lowest BCUT2D eigenvalue weighted by atomic mass is 9.62. The Balaban J connectivity index is 1.28. The van der Waals surface area contributed by atoms with Crippen LogP contribution in [0.1, 0.15) is 80.3 Å². The summed E-state index contributed by atoms with van der Waals surface area (Å²) in [7, 11) is -0.760. The Morgan fingerprint density at radius 2 is 1.86 bits per heavy atom. The van der Waals surface area contributed by atoms with E-state index in [1.165, 1.54) is 11.1 Å². The fourth-order valence-corrected chi connectivity index (χ4v) is 11.2. The van der Waals surface area contributed by atoms with Gasteiger partial charge in [0.15, 0.2) is 0 Å². The third-order valence-electron chi connectivity index (χ3n) is 12.9. The highest BCUT2D eigenvalue weighted by atomic mass is 35.5. The van der Waals surface area contributed by atoms with E-state index >= 15 is 0 Å². The van der Waals surface area contributed by atoms with E-state index in [1.54, 1.807) is 6.07 Å². The molecule has 0 aromatic heterocycles. The van der Waals surface area contributed by atoms with Crippen LogP contribution in [-0.4, -0.2) is 101 Å². The number of nitrogens with zero attached hydrogens (tertiary/aromatic N) is 3. The van der Waals surface area contributed by atoms with Crippen LogP contribution < -0.4 is 14.4 Å². The summed E-state index contributed by atoms with van der Waals surface area (Å²) in [6.07, 6.45) is 7.51. The molecule has 10 heteroatoms. The topological polar surface area (TPSA) is 85.3 Å². The molecule has 7 rings (SSSR count). The maximum Gasteiger partial charge on any atom is 0.262 e. The summed E-state index contributed by atoms with van der Waals surface area (Å²) in [6, 6.07) is 11.9. The van der Waals surface area contributed by atoms with Crippen LogP contribution >= 0.6 is 11.6 Å². The molecule has 1 amide bonds. The lowest BCUT2D eigenvalue weighted by Gasteiger charge is -2.52. The molecular formula is C39H55ClN4O4S. The molecule has 268 valence electrons. The number of rotatable bonds is 2. The van der Waals surface area contributed by atoms with Gasteiger partial charge in [0.2, 0.25) is 0 Å². The van der Waals surface area contributed by atoms with Gasteiger partial charge in [-0.2, -0.15) is 0 Å². The lowest BCUT2D eigenvalue weighted by molar-refractivity contribution is -0.109. The Labute approximate surface area is 298 Å². The first-order valence-electron chi connectivity index (χ1n) is 18.5. The van der Waals surface area contributed by atoms with Gasteiger partial charge in [-0.1, -0.05) is 31.0 Å². The number of likely N-dealkylation sites (N-methyl/N-ethyl adjacent to an activating group) is 1. The zero-order valence-electron chi connectivity index (χ0n) is 29.6. The van der Waals surface area contributed by atoms with Gasteiger partial charge in [0.1, 0.15) is 5.75 Å². The number of halogens is 1. The monoisotopic (exact) mass is 710 g/mol. The van der Waals surface area contributed by atoms with Crippen LogP contribution in [0.3, 0.4) is 0 Å². The molecule has 8 nitrogen and oxygen atoms in total. The van der Waals surface area contributed by atoms with E-state index < -0.39 is 15.3 Å². The van der Waals surface area contributed by atoms with Crippen LogP contribution in [0.25, 0.3) is 0 Å². The Kier molecular flexibility index (Phi) is 9.80. The molecule has 0 radical (unpaired) electrons. The second-order valence-corrected chi connectivity index (χ2v) is 19.0. The van der Waals surface area contributed by atoms with Crippen molar-refractivity contribution in [2.45, 2.75) is 81.5 Å². The van der Waals surface area contributed by atoms with E-state index in [1.807, 2.05) is 25.1 Å². The number of anilines is 1. The van der Waals surface area contributed by atoms with Crippen molar-refractivity contribution in [1.82, 2.24) is 14.5 Å². The molecule has 7 atom stereocenters. The normalized spacial score (nSPS) is 36.1. The van der Waals surface area contributed by atoms with E-state index in [-0.39, 0.29) is 28.4 Å². The summed E-state index contributed by atoms with van der Waals surface area (Å²) in [5, 5.41) is 13.2. The highest BCUT2D eigenvalue weighted by Crippen LogP contribution is 2.49. The van der Waals surface area contributed by atoms with Crippen LogP contribution in [0.4, 0.5) is 5.69 Å². The zero-order valence-corrected chi connectivity index (χ0v) is 31.2. The van der Waals surface area contributed by atoms with Gasteiger partial charge in [-0.15, -0.1) is 0 Å². The van der Waals surface area contributed by atoms with E-state index in [0.29, 0.717) is 31.1 Å². The molecule has 3 heterocycles. The quantitative estimate of drug-likeness (QED) is 0.405. The molecule has 2 unspecified atom stereocenters. The maximum absolute atomic E-state index is 13.9. The number of benzene rings is 2. The first kappa shape index (κ1) is 35.1. The molecule has 1 saturated heterocycles. The largest absolute Gasteiger partial charge is 0.490 e. The molecule has 2 fully saturated rings. The summed E-state index contributed by atoms with van der Waals surface area (Å²) in [6.45, 7) is 10.8. The molecule has 2 aromatic rings. The van der Waals surface area contributed by atoms with Crippen LogP contribution in [0.15, 0.2) is 36.4 Å². The summed E-state index contributed by atoms with van der Waals surface area (Å²) < 4.78 is 23.5. The predicted molar refractivity (Wildman–Crippen MR) is 201 cm³/mol. The van der Waals surface area contributed by atoms with Gasteiger partial charge in [0.05, 0.1) is 27.6 Å². The second-order valence-electron chi connectivity index (χ2n) is 16.1. The summed E-state index contributed by atoms with van der Waals surface area (Å²) in [5.74, 6) is 5.01. The SMILES string of the molecule is C=S1(=O)NC(=O)c2ccc3c(c2)N(C[C@@H]2CC[C@H]2C(O)(CN2CCN(C)CC2)CCC[C@H](C)[C@H]1C)C[C@@]1(CCCc2cc(Cl)ccc21)CO3. The predicted octanol–water partition coefficient (Wildman–Crippen LogP) is 5.39. The summed E-state index contributed by atoms with van der Waals surface area (Å²) in [5.41, 5.74) is 2.90. The molecule has 2 aromatic carbocycles. The van der Waals surface area contributed by atoms with Crippen molar-refractivity contribution >= 4 is 38.8 Å². The van der Waals surface area contributed by atoms with Crippen LogP contribution in [0.2, 0.25) is 5.02 Å². The Morgan fingerprint density at radius 3 is 2.61 bits per heavy atom. The minimum Gasteiger partial charge on any atom is -0.490 e. The van der Waals surface area contributed by atoms with Crippen molar-refractivity contribution in [3.8, 4) is 5.75 Å². The van der Waals surface area contributed by atoms with Gasteiger partial charge in [0.25, 0.3) is 5.91 Å². The molecule has 2 aliphatic carbocycles. The third-order valence-corrected chi connectivity index (χ3v) is 15.3. The van der Waals surface area contributed by atoms with Crippen molar-refractivity contribution in [2.75, 3.05) is 64.4 Å². The Bertz CT molecular complexity index is 1660. The van der Waals surface area contributed by atoms with Crippen LogP contribution in [0.5, 0.6) is 5.75 Å². The van der Waals surface area contributed by atoms with Crippen molar-refractivity contribution in [3.63, 3.8) is 0 Å². The summed E-state index contributed by atoms with van der Waals surface area (Å²) >= 11 is 6.48. The van der Waals surface area contributed by atoms with Gasteiger partial charge in [-0.3, -0.25) is 14.4 Å². The van der Waals surface area contributed by atoms with E-state index in [2.05, 4.69) is 51.4 Å². The number of piperazine rings is 1. The highest BCUT2D eigenvalue weighted by molar-refractivity contribution is 7.99. The zero-order chi connectivity index (χ0) is 34.6. The number of hydrogen-bond donors (Lipinski definition) is 2. The number of β-amino-alcohol motifs (C(OH)–C–C–N with tert-alkyl or cyclic N) is 1.